The van der Waals surface area contributed by atoms with Gasteiger partial charge in [0.25, 0.3) is 5.91 Å². The minimum Gasteiger partial charge on any atom is -0.343 e. The first kappa shape index (κ1) is 17.3. The highest BCUT2D eigenvalue weighted by Crippen LogP contribution is 2.41. The maximum Gasteiger partial charge on any atom is 0.316 e. The molecule has 6 heteroatoms. The van der Waals surface area contributed by atoms with Crippen molar-refractivity contribution >= 4 is 16.9 Å². The largest absolute Gasteiger partial charge is 0.343 e. The van der Waals surface area contributed by atoms with Gasteiger partial charge in [-0.3, -0.25) is 14.4 Å². The zero-order chi connectivity index (χ0) is 19.0. The van der Waals surface area contributed by atoms with Crippen LogP contribution in [0.4, 0.5) is 0 Å². The Balaban J connectivity index is 1.70. The molecule has 1 aromatic heterocycles. The van der Waals surface area contributed by atoms with Crippen LogP contribution in [0.2, 0.25) is 0 Å². The number of carbonyl (C=O) groups excluding carboxylic acids is 1. The first-order chi connectivity index (χ1) is 13.0. The van der Waals surface area contributed by atoms with E-state index in [1.54, 1.807) is 25.1 Å². The van der Waals surface area contributed by atoms with Gasteiger partial charge in [0, 0.05) is 12.1 Å². The summed E-state index contributed by atoms with van der Waals surface area (Å²) in [5.41, 5.74) is 1.07. The van der Waals surface area contributed by atoms with E-state index in [4.69, 9.17) is 0 Å². The number of H-pyrrole nitrogens is 1. The molecule has 0 bridgehead atoms. The van der Waals surface area contributed by atoms with Gasteiger partial charge in [-0.05, 0) is 49.9 Å². The smallest absolute Gasteiger partial charge is 0.316 e. The van der Waals surface area contributed by atoms with Crippen LogP contribution in [0.3, 0.4) is 0 Å². The lowest BCUT2D eigenvalue weighted by atomic mass is 9.71. The Morgan fingerprint density at radius 1 is 1.15 bits per heavy atom. The van der Waals surface area contributed by atoms with Crippen LogP contribution >= 0.6 is 0 Å². The molecule has 0 unspecified atom stereocenters. The molecule has 0 spiro atoms. The molecule has 6 nitrogen and oxygen atoms in total. The Labute approximate surface area is 155 Å². The van der Waals surface area contributed by atoms with Gasteiger partial charge < -0.3 is 14.9 Å². The van der Waals surface area contributed by atoms with Crippen LogP contribution in [-0.2, 0) is 12.1 Å². The second kappa shape index (κ2) is 6.54. The monoisotopic (exact) mass is 363 g/mol. The number of carbonyl (C=O) groups is 1. The summed E-state index contributed by atoms with van der Waals surface area (Å²) in [6.45, 7) is 2.20. The summed E-state index contributed by atoms with van der Waals surface area (Å²) in [5, 5.41) is 3.18. The fourth-order valence-electron chi connectivity index (χ4n) is 3.80. The van der Waals surface area contributed by atoms with E-state index in [-0.39, 0.29) is 11.4 Å². The number of aromatic nitrogens is 2. The molecule has 0 atom stereocenters. The van der Waals surface area contributed by atoms with E-state index < -0.39 is 11.1 Å². The quantitative estimate of drug-likeness (QED) is 0.699. The number of hydrogen-bond donors (Lipinski definition) is 2. The van der Waals surface area contributed by atoms with Gasteiger partial charge in [0.15, 0.2) is 0 Å². The Bertz CT molecular complexity index is 1120. The summed E-state index contributed by atoms with van der Waals surface area (Å²) in [7, 11) is 0. The third kappa shape index (κ3) is 2.87. The Morgan fingerprint density at radius 2 is 1.89 bits per heavy atom. The molecular weight excluding hydrogens is 342 g/mol. The highest BCUT2D eigenvalue weighted by Gasteiger charge is 2.40. The number of nitrogens with one attached hydrogen (secondary N) is 2. The van der Waals surface area contributed by atoms with E-state index in [0.29, 0.717) is 23.1 Å². The topological polar surface area (TPSA) is 84.0 Å². The van der Waals surface area contributed by atoms with Crippen molar-refractivity contribution in [2.45, 2.75) is 38.3 Å². The predicted octanol–water partition coefficient (Wildman–Crippen LogP) is 2.52. The first-order valence-electron chi connectivity index (χ1n) is 9.19. The van der Waals surface area contributed by atoms with Crippen LogP contribution in [0.15, 0.2) is 58.1 Å². The van der Waals surface area contributed by atoms with Gasteiger partial charge in [-0.25, -0.2) is 0 Å². The summed E-state index contributed by atoms with van der Waals surface area (Å²) in [6, 6.07) is 15.0. The number of rotatable bonds is 4. The van der Waals surface area contributed by atoms with Gasteiger partial charge in [-0.1, -0.05) is 30.3 Å². The number of amides is 1. The van der Waals surface area contributed by atoms with Crippen molar-refractivity contribution in [3.05, 3.63) is 80.4 Å². The van der Waals surface area contributed by atoms with Crippen molar-refractivity contribution in [1.29, 1.82) is 0 Å². The van der Waals surface area contributed by atoms with E-state index in [1.807, 2.05) is 30.3 Å². The molecule has 1 amide bonds. The van der Waals surface area contributed by atoms with Crippen LogP contribution in [0.5, 0.6) is 0 Å². The van der Waals surface area contributed by atoms with Gasteiger partial charge in [0.05, 0.1) is 16.6 Å². The van der Waals surface area contributed by atoms with E-state index in [9.17, 15) is 14.4 Å². The zero-order valence-electron chi connectivity index (χ0n) is 15.1. The van der Waals surface area contributed by atoms with Crippen LogP contribution in [-0.4, -0.2) is 15.5 Å². The lowest BCUT2D eigenvalue weighted by Gasteiger charge is -2.43. The van der Waals surface area contributed by atoms with Gasteiger partial charge in [0.1, 0.15) is 0 Å². The molecule has 1 aliphatic carbocycles. The number of aryl methyl sites for hydroxylation is 1. The third-order valence-electron chi connectivity index (χ3n) is 5.44. The number of fused-ring (bicyclic) bond motifs is 1. The minimum absolute atomic E-state index is 0.185. The molecule has 1 fully saturated rings. The van der Waals surface area contributed by atoms with Crippen LogP contribution in [0, 0.1) is 0 Å². The average Bonchev–Trinajstić information content (AvgIpc) is 2.66. The summed E-state index contributed by atoms with van der Waals surface area (Å²) < 4.78 is 1.41. The Morgan fingerprint density at radius 3 is 2.52 bits per heavy atom. The number of nitrogens with zero attached hydrogens (tertiary/aromatic N) is 1. The van der Waals surface area contributed by atoms with Crippen molar-refractivity contribution in [1.82, 2.24) is 14.9 Å². The average molecular weight is 363 g/mol. The molecule has 2 N–H and O–H groups in total. The molecule has 4 rings (SSSR count). The van der Waals surface area contributed by atoms with Gasteiger partial charge in [-0.2, -0.15) is 0 Å². The van der Waals surface area contributed by atoms with Crippen LogP contribution in [0.1, 0.15) is 42.1 Å². The first-order valence-corrected chi connectivity index (χ1v) is 9.19. The van der Waals surface area contributed by atoms with Gasteiger partial charge in [-0.15, -0.1) is 0 Å². The second-order valence-corrected chi connectivity index (χ2v) is 6.99. The van der Waals surface area contributed by atoms with Gasteiger partial charge >= 0.3 is 11.1 Å². The SMILES string of the molecule is CCn1c(=O)c(=O)[nH]c2cc(C(=O)NC3(c4ccccc4)CCC3)ccc21. The molecule has 2 aromatic carbocycles. The molecule has 1 heterocycles. The van der Waals surface area contributed by atoms with Gasteiger partial charge in [0.2, 0.25) is 0 Å². The standard InChI is InChI=1S/C21H21N3O3/c1-2-24-17-10-9-14(13-16(17)22-19(26)20(24)27)18(25)23-21(11-6-12-21)15-7-4-3-5-8-15/h3-5,7-10,13H,2,6,11-12H2,1H3,(H,22,26)(H,23,25). The maximum atomic E-state index is 12.9. The summed E-state index contributed by atoms with van der Waals surface area (Å²) in [4.78, 5) is 39.3. The molecular formula is C21H21N3O3. The second-order valence-electron chi connectivity index (χ2n) is 6.99. The minimum atomic E-state index is -0.679. The molecule has 0 saturated heterocycles. The lowest BCUT2D eigenvalue weighted by Crippen LogP contribution is -2.50. The van der Waals surface area contributed by atoms with Crippen molar-refractivity contribution in [3.63, 3.8) is 0 Å². The number of benzene rings is 2. The molecule has 3 aromatic rings. The fourth-order valence-corrected chi connectivity index (χ4v) is 3.80. The van der Waals surface area contributed by atoms with Crippen molar-refractivity contribution < 1.29 is 4.79 Å². The summed E-state index contributed by atoms with van der Waals surface area (Å²) in [6.07, 6.45) is 2.88. The van der Waals surface area contributed by atoms with Crippen LogP contribution < -0.4 is 16.4 Å². The highest BCUT2D eigenvalue weighted by molar-refractivity contribution is 5.97. The maximum absolute atomic E-state index is 12.9. The van der Waals surface area contributed by atoms with E-state index in [1.165, 1.54) is 4.57 Å². The molecule has 27 heavy (non-hydrogen) atoms. The molecule has 138 valence electrons. The number of aromatic amines is 1. The lowest BCUT2D eigenvalue weighted by molar-refractivity contribution is 0.0823. The molecule has 0 aliphatic heterocycles. The molecule has 0 radical (unpaired) electrons. The van der Waals surface area contributed by atoms with Crippen molar-refractivity contribution in [3.8, 4) is 0 Å². The predicted molar refractivity (Wildman–Crippen MR) is 104 cm³/mol. The van der Waals surface area contributed by atoms with Crippen molar-refractivity contribution in [2.75, 3.05) is 0 Å². The normalized spacial score (nSPS) is 15.3. The Kier molecular flexibility index (Phi) is 4.18. The van der Waals surface area contributed by atoms with E-state index in [0.717, 1.165) is 24.8 Å². The fraction of sp³-hybridized carbons (Fsp3) is 0.286. The summed E-state index contributed by atoms with van der Waals surface area (Å²) >= 11 is 0. The Hall–Kier alpha value is -3.15. The third-order valence-corrected chi connectivity index (χ3v) is 5.44. The highest BCUT2D eigenvalue weighted by atomic mass is 16.2. The van der Waals surface area contributed by atoms with E-state index in [2.05, 4.69) is 10.3 Å². The zero-order valence-corrected chi connectivity index (χ0v) is 15.1. The van der Waals surface area contributed by atoms with E-state index >= 15 is 0 Å². The molecule has 1 saturated carbocycles. The summed E-state index contributed by atoms with van der Waals surface area (Å²) in [5.74, 6) is -0.185. The molecule has 1 aliphatic rings. The van der Waals surface area contributed by atoms with Crippen molar-refractivity contribution in [2.24, 2.45) is 0 Å². The van der Waals surface area contributed by atoms with Crippen LogP contribution in [0.25, 0.3) is 11.0 Å². The number of hydrogen-bond acceptors (Lipinski definition) is 3.